The van der Waals surface area contributed by atoms with E-state index < -0.39 is 33.6 Å². The second kappa shape index (κ2) is 5.02. The maximum atomic E-state index is 11.8. The third-order valence-electron chi connectivity index (χ3n) is 2.57. The average molecular weight is 298 g/mol. The van der Waals surface area contributed by atoms with Crippen LogP contribution in [0.2, 0.25) is 0 Å². The van der Waals surface area contributed by atoms with Gasteiger partial charge < -0.3 is 4.84 Å². The summed E-state index contributed by atoms with van der Waals surface area (Å²) in [6.45, 7) is 0. The topological polar surface area (TPSA) is 110 Å². The average Bonchev–Trinajstić information content (AvgIpc) is 2.64. The number of hydroxylamine groups is 2. The fourth-order valence-corrected chi connectivity index (χ4v) is 2.11. The van der Waals surface area contributed by atoms with Gasteiger partial charge in [0.05, 0.1) is 11.1 Å². The molecule has 0 atom stereocenters. The Hall–Kier alpha value is -2.26. The Labute approximate surface area is 114 Å². The van der Waals surface area contributed by atoms with Gasteiger partial charge in [0, 0.05) is 0 Å². The number of carbonyl (C=O) groups is 3. The van der Waals surface area contributed by atoms with Crippen LogP contribution in [0.25, 0.3) is 0 Å². The van der Waals surface area contributed by atoms with Crippen LogP contribution in [0.1, 0.15) is 20.7 Å². The molecule has 0 aliphatic carbocycles. The first-order valence-electron chi connectivity index (χ1n) is 5.45. The first kappa shape index (κ1) is 14.2. The SMILES string of the molecule is CNS(=O)(=O)CC(=O)ON1C(=O)c2ccccc2C1=O. The summed E-state index contributed by atoms with van der Waals surface area (Å²) >= 11 is 0. The Morgan fingerprint density at radius 2 is 1.70 bits per heavy atom. The third-order valence-corrected chi connectivity index (χ3v) is 3.81. The lowest BCUT2D eigenvalue weighted by molar-refractivity contribution is -0.165. The number of fused-ring (bicyclic) bond motifs is 1. The monoisotopic (exact) mass is 298 g/mol. The molecule has 1 heterocycles. The lowest BCUT2D eigenvalue weighted by Gasteiger charge is -2.12. The number of hydrogen-bond acceptors (Lipinski definition) is 6. The van der Waals surface area contributed by atoms with E-state index >= 15 is 0 Å². The molecule has 106 valence electrons. The highest BCUT2D eigenvalue weighted by molar-refractivity contribution is 7.90. The minimum absolute atomic E-state index is 0.0989. The van der Waals surface area contributed by atoms with E-state index in [1.54, 1.807) is 12.1 Å². The van der Waals surface area contributed by atoms with Gasteiger partial charge in [0.15, 0.2) is 5.75 Å². The summed E-state index contributed by atoms with van der Waals surface area (Å²) in [5.74, 6) is -3.83. The second-order valence-electron chi connectivity index (χ2n) is 3.88. The largest absolute Gasteiger partial charge is 0.349 e. The molecule has 0 aromatic heterocycles. The van der Waals surface area contributed by atoms with Crippen molar-refractivity contribution in [2.75, 3.05) is 12.8 Å². The van der Waals surface area contributed by atoms with Crippen LogP contribution in [0, 0.1) is 0 Å². The molecule has 1 N–H and O–H groups in total. The van der Waals surface area contributed by atoms with E-state index in [0.717, 1.165) is 7.05 Å². The van der Waals surface area contributed by atoms with E-state index in [2.05, 4.69) is 4.84 Å². The van der Waals surface area contributed by atoms with Crippen molar-refractivity contribution < 1.29 is 27.6 Å². The van der Waals surface area contributed by atoms with Crippen LogP contribution in [0.3, 0.4) is 0 Å². The van der Waals surface area contributed by atoms with Crippen molar-refractivity contribution in [1.29, 1.82) is 0 Å². The lowest BCUT2D eigenvalue weighted by atomic mass is 10.1. The van der Waals surface area contributed by atoms with Crippen molar-refractivity contribution in [3.63, 3.8) is 0 Å². The summed E-state index contributed by atoms with van der Waals surface area (Å²) < 4.78 is 24.2. The molecule has 0 saturated heterocycles. The first-order chi connectivity index (χ1) is 9.35. The van der Waals surface area contributed by atoms with Crippen molar-refractivity contribution in [2.45, 2.75) is 0 Å². The van der Waals surface area contributed by atoms with Gasteiger partial charge in [0.1, 0.15) is 0 Å². The van der Waals surface area contributed by atoms with Crippen molar-refractivity contribution in [3.05, 3.63) is 35.4 Å². The van der Waals surface area contributed by atoms with Crippen LogP contribution in [0.4, 0.5) is 0 Å². The van der Waals surface area contributed by atoms with Gasteiger partial charge in [0.2, 0.25) is 10.0 Å². The molecule has 2 rings (SSSR count). The number of hydrogen-bond donors (Lipinski definition) is 1. The van der Waals surface area contributed by atoms with Gasteiger partial charge in [-0.3, -0.25) is 9.59 Å². The van der Waals surface area contributed by atoms with Crippen LogP contribution in [0.15, 0.2) is 24.3 Å². The van der Waals surface area contributed by atoms with E-state index in [9.17, 15) is 22.8 Å². The van der Waals surface area contributed by atoms with E-state index in [4.69, 9.17) is 0 Å². The number of imide groups is 1. The van der Waals surface area contributed by atoms with E-state index in [-0.39, 0.29) is 16.2 Å². The molecule has 1 aliphatic heterocycles. The summed E-state index contributed by atoms with van der Waals surface area (Å²) in [5, 5.41) is 0.262. The van der Waals surface area contributed by atoms with Gasteiger partial charge in [-0.1, -0.05) is 17.2 Å². The van der Waals surface area contributed by atoms with E-state index in [1.165, 1.54) is 12.1 Å². The summed E-state index contributed by atoms with van der Waals surface area (Å²) in [7, 11) is -2.71. The molecule has 0 bridgehead atoms. The van der Waals surface area contributed by atoms with Crippen molar-refractivity contribution in [2.24, 2.45) is 0 Å². The molecule has 2 amide bonds. The van der Waals surface area contributed by atoms with E-state index in [1.807, 2.05) is 4.72 Å². The number of benzene rings is 1. The molecule has 0 saturated carbocycles. The van der Waals surface area contributed by atoms with Gasteiger partial charge >= 0.3 is 5.97 Å². The summed E-state index contributed by atoms with van der Waals surface area (Å²) in [6, 6.07) is 5.93. The predicted octanol–water partition coefficient (Wildman–Crippen LogP) is -0.710. The number of amides is 2. The Morgan fingerprint density at radius 1 is 1.20 bits per heavy atom. The molecular formula is C11H10N2O6S. The Balaban J connectivity index is 2.15. The summed E-state index contributed by atoms with van der Waals surface area (Å²) in [4.78, 5) is 39.6. The predicted molar refractivity (Wildman–Crippen MR) is 65.9 cm³/mol. The number of sulfonamides is 1. The zero-order valence-corrected chi connectivity index (χ0v) is 11.1. The zero-order valence-electron chi connectivity index (χ0n) is 10.3. The molecule has 20 heavy (non-hydrogen) atoms. The molecule has 1 aliphatic rings. The number of carbonyl (C=O) groups excluding carboxylic acids is 3. The van der Waals surface area contributed by atoms with Crippen LogP contribution in [-0.4, -0.2) is 44.1 Å². The molecule has 0 spiro atoms. The molecule has 9 heteroatoms. The summed E-state index contributed by atoms with van der Waals surface area (Å²) in [5.41, 5.74) is 0.198. The number of nitrogens with one attached hydrogen (secondary N) is 1. The van der Waals surface area contributed by atoms with E-state index in [0.29, 0.717) is 0 Å². The molecule has 1 aromatic carbocycles. The first-order valence-corrected chi connectivity index (χ1v) is 7.11. The normalized spacial score (nSPS) is 14.3. The minimum atomic E-state index is -3.84. The second-order valence-corrected chi connectivity index (χ2v) is 5.80. The third kappa shape index (κ3) is 2.53. The zero-order chi connectivity index (χ0) is 14.9. The Bertz CT molecular complexity index is 662. The van der Waals surface area contributed by atoms with Gasteiger partial charge in [-0.2, -0.15) is 0 Å². The minimum Gasteiger partial charge on any atom is -0.329 e. The quantitative estimate of drug-likeness (QED) is 0.735. The molecular weight excluding hydrogens is 288 g/mol. The maximum absolute atomic E-state index is 11.8. The fourth-order valence-electron chi connectivity index (χ4n) is 1.61. The van der Waals surface area contributed by atoms with Crippen molar-refractivity contribution in [3.8, 4) is 0 Å². The fraction of sp³-hybridized carbons (Fsp3) is 0.182. The lowest BCUT2D eigenvalue weighted by Crippen LogP contribution is -2.36. The van der Waals surface area contributed by atoms with Crippen molar-refractivity contribution in [1.82, 2.24) is 9.79 Å². The van der Waals surface area contributed by atoms with Gasteiger partial charge in [0.25, 0.3) is 11.8 Å². The van der Waals surface area contributed by atoms with Crippen LogP contribution in [-0.2, 0) is 19.7 Å². The molecule has 1 aromatic rings. The highest BCUT2D eigenvalue weighted by Gasteiger charge is 2.39. The Morgan fingerprint density at radius 3 is 2.15 bits per heavy atom. The molecule has 8 nitrogen and oxygen atoms in total. The maximum Gasteiger partial charge on any atom is 0.349 e. The highest BCUT2D eigenvalue weighted by Crippen LogP contribution is 2.22. The van der Waals surface area contributed by atoms with Crippen molar-refractivity contribution >= 4 is 27.8 Å². The number of rotatable bonds is 4. The summed E-state index contributed by atoms with van der Waals surface area (Å²) in [6.07, 6.45) is 0. The standard InChI is InChI=1S/C11H10N2O6S/c1-12-20(17,18)6-9(14)19-13-10(15)7-4-2-3-5-8(7)11(13)16/h2-5,12H,6H2,1H3. The highest BCUT2D eigenvalue weighted by atomic mass is 32.2. The van der Waals surface area contributed by atoms with Gasteiger partial charge in [-0.15, -0.1) is 0 Å². The molecule has 0 unspecified atom stereocenters. The van der Waals surface area contributed by atoms with Gasteiger partial charge in [-0.25, -0.2) is 17.9 Å². The smallest absolute Gasteiger partial charge is 0.329 e. The molecule has 0 fully saturated rings. The Kier molecular flexibility index (Phi) is 3.55. The molecule has 0 radical (unpaired) electrons. The van der Waals surface area contributed by atoms with Gasteiger partial charge in [-0.05, 0) is 19.2 Å². The van der Waals surface area contributed by atoms with Crippen LogP contribution >= 0.6 is 0 Å². The number of nitrogens with zero attached hydrogens (tertiary/aromatic N) is 1. The van der Waals surface area contributed by atoms with Crippen LogP contribution in [0.5, 0.6) is 0 Å². The van der Waals surface area contributed by atoms with Crippen LogP contribution < -0.4 is 4.72 Å².